The summed E-state index contributed by atoms with van der Waals surface area (Å²) in [4.78, 5) is 10.8. The van der Waals surface area contributed by atoms with E-state index in [9.17, 15) is 4.79 Å². The van der Waals surface area contributed by atoms with E-state index in [1.54, 1.807) is 0 Å². The van der Waals surface area contributed by atoms with Crippen LogP contribution in [0.15, 0.2) is 17.3 Å². The van der Waals surface area contributed by atoms with Gasteiger partial charge in [0.1, 0.15) is 0 Å². The molecule has 0 aromatic carbocycles. The number of rotatable bonds is 4. The molecule has 0 aliphatic heterocycles. The predicted octanol–water partition coefficient (Wildman–Crippen LogP) is 2.70. The van der Waals surface area contributed by atoms with Gasteiger partial charge in [-0.1, -0.05) is 19.1 Å². The van der Waals surface area contributed by atoms with Gasteiger partial charge in [-0.05, 0) is 38.5 Å². The van der Waals surface area contributed by atoms with Gasteiger partial charge in [0.2, 0.25) is 0 Å². The highest BCUT2D eigenvalue weighted by Crippen LogP contribution is 2.41. The summed E-state index contributed by atoms with van der Waals surface area (Å²) in [7, 11) is 0. The highest BCUT2D eigenvalue weighted by Gasteiger charge is 2.37. The van der Waals surface area contributed by atoms with Gasteiger partial charge in [0.15, 0.2) is 0 Å². The highest BCUT2D eigenvalue weighted by molar-refractivity contribution is 5.92. The highest BCUT2D eigenvalue weighted by atomic mass is 16.2. The quantitative estimate of drug-likeness (QED) is 0.602. The first-order valence-electron chi connectivity index (χ1n) is 6.54. The van der Waals surface area contributed by atoms with Crippen molar-refractivity contribution in [3.8, 4) is 6.07 Å². The number of nitriles is 1. The second kappa shape index (κ2) is 6.37. The van der Waals surface area contributed by atoms with E-state index in [-0.39, 0.29) is 5.41 Å². The first-order chi connectivity index (χ1) is 8.89. The normalized spacial score (nSPS) is 28.7. The van der Waals surface area contributed by atoms with Crippen LogP contribution in [0, 0.1) is 22.7 Å². The van der Waals surface area contributed by atoms with Crippen molar-refractivity contribution in [1.29, 1.82) is 5.26 Å². The van der Waals surface area contributed by atoms with Gasteiger partial charge in [-0.2, -0.15) is 10.4 Å². The number of hydrazone groups is 1. The van der Waals surface area contributed by atoms with Gasteiger partial charge < -0.3 is 5.73 Å². The zero-order valence-electron chi connectivity index (χ0n) is 11.7. The summed E-state index contributed by atoms with van der Waals surface area (Å²) in [6.45, 7) is 8.11. The topological polar surface area (TPSA) is 91.3 Å². The predicted molar refractivity (Wildman–Crippen MR) is 75.3 cm³/mol. The number of nitrogens with one attached hydrogen (secondary N) is 1. The van der Waals surface area contributed by atoms with Crippen molar-refractivity contribution in [3.05, 3.63) is 12.2 Å². The number of allylic oxidation sites excluding steroid dienone is 1. The average Bonchev–Trinajstić information content (AvgIpc) is 2.35. The number of amides is 2. The third-order valence-corrected chi connectivity index (χ3v) is 3.97. The summed E-state index contributed by atoms with van der Waals surface area (Å²) in [5.74, 6) is 0.392. The van der Waals surface area contributed by atoms with E-state index in [0.717, 1.165) is 37.0 Å². The summed E-state index contributed by atoms with van der Waals surface area (Å²) < 4.78 is 0. The molecular weight excluding hydrogens is 240 g/mol. The monoisotopic (exact) mass is 262 g/mol. The Morgan fingerprint density at radius 1 is 1.74 bits per heavy atom. The molecule has 3 N–H and O–H groups in total. The number of carbonyl (C=O) groups excluding carboxylic acids is 1. The van der Waals surface area contributed by atoms with Gasteiger partial charge in [0.25, 0.3) is 0 Å². The van der Waals surface area contributed by atoms with Crippen molar-refractivity contribution in [2.75, 3.05) is 0 Å². The second-order valence-electron chi connectivity index (χ2n) is 5.54. The van der Waals surface area contributed by atoms with E-state index in [1.807, 2.05) is 6.92 Å². The van der Waals surface area contributed by atoms with Crippen LogP contribution in [0.3, 0.4) is 0 Å². The van der Waals surface area contributed by atoms with Crippen molar-refractivity contribution in [2.45, 2.75) is 46.0 Å². The Hall–Kier alpha value is -1.83. The molecule has 0 unspecified atom stereocenters. The van der Waals surface area contributed by atoms with Gasteiger partial charge in [-0.3, -0.25) is 0 Å². The Bertz CT molecular complexity index is 435. The number of carbonyl (C=O) groups is 1. The van der Waals surface area contributed by atoms with Crippen LogP contribution in [0.5, 0.6) is 0 Å². The van der Waals surface area contributed by atoms with Crippen LogP contribution in [0.25, 0.3) is 0 Å². The zero-order valence-corrected chi connectivity index (χ0v) is 11.7. The molecule has 2 atom stereocenters. The number of primary amides is 1. The molecule has 1 saturated carbocycles. The maximum absolute atomic E-state index is 10.8. The SMILES string of the molecule is C=C(C)[C@@H]1CC[C@](C)(CCC#N)/C(=N/NC(N)=O)C1. The molecule has 5 heteroatoms. The molecule has 1 fully saturated rings. The summed E-state index contributed by atoms with van der Waals surface area (Å²) in [6, 6.07) is 1.52. The van der Waals surface area contributed by atoms with Gasteiger partial charge in [-0.25, -0.2) is 10.2 Å². The number of hydrogen-bond donors (Lipinski definition) is 2. The van der Waals surface area contributed by atoms with Crippen molar-refractivity contribution >= 4 is 11.7 Å². The summed E-state index contributed by atoms with van der Waals surface area (Å²) in [5.41, 5.74) is 9.30. The van der Waals surface area contributed by atoms with Gasteiger partial charge in [0, 0.05) is 17.5 Å². The lowest BCUT2D eigenvalue weighted by molar-refractivity contribution is 0.248. The third-order valence-electron chi connectivity index (χ3n) is 3.97. The Balaban J connectivity index is 2.90. The van der Waals surface area contributed by atoms with Crippen LogP contribution in [0.4, 0.5) is 4.79 Å². The lowest BCUT2D eigenvalue weighted by atomic mass is 9.67. The zero-order chi connectivity index (χ0) is 14.5. The number of nitrogens with zero attached hydrogens (tertiary/aromatic N) is 2. The third kappa shape index (κ3) is 4.09. The van der Waals surface area contributed by atoms with Crippen LogP contribution in [0.2, 0.25) is 0 Å². The molecule has 0 spiro atoms. The first-order valence-corrected chi connectivity index (χ1v) is 6.54. The van der Waals surface area contributed by atoms with Crippen LogP contribution in [-0.2, 0) is 0 Å². The van der Waals surface area contributed by atoms with E-state index in [1.165, 1.54) is 0 Å². The second-order valence-corrected chi connectivity index (χ2v) is 5.54. The largest absolute Gasteiger partial charge is 0.350 e. The summed E-state index contributed by atoms with van der Waals surface area (Å²) in [5, 5.41) is 12.9. The van der Waals surface area contributed by atoms with Crippen LogP contribution in [-0.4, -0.2) is 11.7 Å². The van der Waals surface area contributed by atoms with E-state index < -0.39 is 6.03 Å². The van der Waals surface area contributed by atoms with E-state index in [2.05, 4.69) is 30.1 Å². The molecule has 104 valence electrons. The number of urea groups is 1. The Morgan fingerprint density at radius 2 is 2.42 bits per heavy atom. The van der Waals surface area contributed by atoms with Crippen molar-refractivity contribution < 1.29 is 4.79 Å². The van der Waals surface area contributed by atoms with E-state index in [4.69, 9.17) is 11.0 Å². The summed E-state index contributed by atoms with van der Waals surface area (Å²) >= 11 is 0. The van der Waals surface area contributed by atoms with Crippen molar-refractivity contribution in [3.63, 3.8) is 0 Å². The molecule has 0 aromatic rings. The molecule has 1 rings (SSSR count). The number of hydrogen-bond acceptors (Lipinski definition) is 3. The fourth-order valence-electron chi connectivity index (χ4n) is 2.54. The van der Waals surface area contributed by atoms with Gasteiger partial charge >= 0.3 is 6.03 Å². The average molecular weight is 262 g/mol. The Labute approximate surface area is 114 Å². The standard InChI is InChI=1S/C14H22N4O/c1-10(2)11-5-7-14(3,6-4-8-15)12(9-11)17-18-13(16)19/h11H,1,4-7,9H2,2-3H3,(H3,16,18,19)/b17-12+/t11-,14+/m1/s1. The van der Waals surface area contributed by atoms with Gasteiger partial charge in [-0.15, -0.1) is 0 Å². The molecule has 0 heterocycles. The van der Waals surface area contributed by atoms with Crippen LogP contribution >= 0.6 is 0 Å². The number of nitrogens with two attached hydrogens (primary N) is 1. The fourth-order valence-corrected chi connectivity index (χ4v) is 2.54. The molecule has 19 heavy (non-hydrogen) atoms. The maximum atomic E-state index is 10.8. The summed E-state index contributed by atoms with van der Waals surface area (Å²) in [6.07, 6.45) is 4.02. The molecule has 0 saturated heterocycles. The van der Waals surface area contributed by atoms with E-state index >= 15 is 0 Å². The van der Waals surface area contributed by atoms with Crippen molar-refractivity contribution in [1.82, 2.24) is 5.43 Å². The molecule has 5 nitrogen and oxygen atoms in total. The first kappa shape index (κ1) is 15.2. The lowest BCUT2D eigenvalue weighted by Crippen LogP contribution is -2.38. The minimum absolute atomic E-state index is 0.135. The molecule has 2 amide bonds. The molecule has 1 aliphatic carbocycles. The minimum Gasteiger partial charge on any atom is -0.350 e. The van der Waals surface area contributed by atoms with Crippen LogP contribution in [0.1, 0.15) is 46.0 Å². The van der Waals surface area contributed by atoms with Gasteiger partial charge in [0.05, 0.1) is 6.07 Å². The molecule has 0 bridgehead atoms. The van der Waals surface area contributed by atoms with Crippen molar-refractivity contribution in [2.24, 2.45) is 22.2 Å². The molecule has 1 aliphatic rings. The minimum atomic E-state index is -0.660. The lowest BCUT2D eigenvalue weighted by Gasteiger charge is -2.38. The molecule has 0 aromatic heterocycles. The fraction of sp³-hybridized carbons (Fsp3) is 0.643. The molecule has 0 radical (unpaired) electrons. The van der Waals surface area contributed by atoms with Crippen LogP contribution < -0.4 is 11.2 Å². The maximum Gasteiger partial charge on any atom is 0.332 e. The Kier molecular flexibility index (Phi) is 5.11. The Morgan fingerprint density at radius 3 is 2.95 bits per heavy atom. The smallest absolute Gasteiger partial charge is 0.332 e. The molecular formula is C14H22N4O. The van der Waals surface area contributed by atoms with E-state index in [0.29, 0.717) is 12.3 Å².